The minimum atomic E-state index is -0.973. The topological polar surface area (TPSA) is 124 Å². The molecule has 0 saturated carbocycles. The van der Waals surface area contributed by atoms with Gasteiger partial charge in [0.1, 0.15) is 0 Å². The first kappa shape index (κ1) is 52.2. The molecule has 0 bridgehead atoms. The number of rotatable bonds is 36. The van der Waals surface area contributed by atoms with Crippen LogP contribution in [0.1, 0.15) is 233 Å². The molecule has 10 heteroatoms. The van der Waals surface area contributed by atoms with Crippen LogP contribution in [0.3, 0.4) is 0 Å². The van der Waals surface area contributed by atoms with Crippen molar-refractivity contribution in [2.24, 2.45) is 17.8 Å². The minimum absolute atomic E-state index is 0.0620. The van der Waals surface area contributed by atoms with Crippen LogP contribution in [0.4, 0.5) is 9.59 Å². The fourth-order valence-corrected chi connectivity index (χ4v) is 7.61. The summed E-state index contributed by atoms with van der Waals surface area (Å²) in [5, 5.41) is 0. The Labute approximate surface area is 347 Å². The molecule has 0 radical (unpaired) electrons. The zero-order valence-corrected chi connectivity index (χ0v) is 36.7. The smallest absolute Gasteiger partial charge is 0.432 e. The monoisotopic (exact) mass is 809 g/mol. The molecule has 0 aromatic carbocycles. The second-order valence-corrected chi connectivity index (χ2v) is 16.4. The maximum atomic E-state index is 13.2. The molecule has 0 aromatic heterocycles. The Morgan fingerprint density at radius 1 is 0.439 bits per heavy atom. The summed E-state index contributed by atoms with van der Waals surface area (Å²) in [6.07, 6.45) is 38.0. The highest BCUT2D eigenvalue weighted by atomic mass is 17.2. The van der Waals surface area contributed by atoms with Crippen LogP contribution in [0.5, 0.6) is 0 Å². The summed E-state index contributed by atoms with van der Waals surface area (Å²) >= 11 is 0. The van der Waals surface area contributed by atoms with Crippen LogP contribution in [-0.2, 0) is 38.6 Å². The van der Waals surface area contributed by atoms with E-state index in [0.717, 1.165) is 96.3 Å². The summed E-state index contributed by atoms with van der Waals surface area (Å²) < 4.78 is 10.2. The average Bonchev–Trinajstić information content (AvgIpc) is 3.21. The molecule has 57 heavy (non-hydrogen) atoms. The van der Waals surface area contributed by atoms with Crippen LogP contribution in [0, 0.1) is 17.8 Å². The van der Waals surface area contributed by atoms with Gasteiger partial charge in [0.25, 0.3) is 0 Å². The van der Waals surface area contributed by atoms with Crippen molar-refractivity contribution in [3.05, 3.63) is 12.2 Å². The van der Waals surface area contributed by atoms with Crippen LogP contribution >= 0.6 is 0 Å². The van der Waals surface area contributed by atoms with Crippen molar-refractivity contribution in [1.29, 1.82) is 0 Å². The van der Waals surface area contributed by atoms with Crippen LogP contribution < -0.4 is 0 Å². The summed E-state index contributed by atoms with van der Waals surface area (Å²) in [5.41, 5.74) is 0. The molecule has 0 aliphatic heterocycles. The number of carbonyl (C=O) groups excluding carboxylic acids is 4. The zero-order valence-electron chi connectivity index (χ0n) is 36.7. The van der Waals surface area contributed by atoms with Gasteiger partial charge in [0, 0.05) is 0 Å². The van der Waals surface area contributed by atoms with E-state index in [1.165, 1.54) is 96.3 Å². The molecule has 0 amide bonds. The fourth-order valence-electron chi connectivity index (χ4n) is 7.61. The predicted molar refractivity (Wildman–Crippen MR) is 226 cm³/mol. The van der Waals surface area contributed by atoms with Crippen LogP contribution in [0.2, 0.25) is 0 Å². The SMILES string of the molecule is CCCCCCCCCCCCOC(=O)OOC(=O)CCCCCCCC1C=CC(CCCCCC)C(C(=O)OOC(=O)OCCCCCCCCCCCC)C1. The highest BCUT2D eigenvalue weighted by Crippen LogP contribution is 2.35. The maximum absolute atomic E-state index is 13.2. The third-order valence-corrected chi connectivity index (χ3v) is 11.2. The molecule has 0 spiro atoms. The molecule has 1 aliphatic carbocycles. The van der Waals surface area contributed by atoms with E-state index in [4.69, 9.17) is 19.2 Å². The van der Waals surface area contributed by atoms with E-state index < -0.39 is 24.2 Å². The van der Waals surface area contributed by atoms with E-state index in [1.54, 1.807) is 0 Å². The minimum Gasteiger partial charge on any atom is -0.432 e. The van der Waals surface area contributed by atoms with Gasteiger partial charge in [0.2, 0.25) is 0 Å². The van der Waals surface area contributed by atoms with Gasteiger partial charge in [0.05, 0.1) is 25.6 Å². The Morgan fingerprint density at radius 2 is 0.842 bits per heavy atom. The molecule has 0 saturated heterocycles. The van der Waals surface area contributed by atoms with Gasteiger partial charge in [-0.25, -0.2) is 29.1 Å². The summed E-state index contributed by atoms with van der Waals surface area (Å²) in [7, 11) is 0. The van der Waals surface area contributed by atoms with Crippen molar-refractivity contribution in [2.75, 3.05) is 13.2 Å². The molecule has 332 valence electrons. The fraction of sp³-hybridized carbons (Fsp3) is 0.872. The van der Waals surface area contributed by atoms with Crippen molar-refractivity contribution in [1.82, 2.24) is 0 Å². The first-order chi connectivity index (χ1) is 27.9. The summed E-state index contributed by atoms with van der Waals surface area (Å²) in [6.45, 7) is 7.17. The van der Waals surface area contributed by atoms with Crippen molar-refractivity contribution < 1.29 is 48.2 Å². The Bertz CT molecular complexity index is 1010. The second-order valence-electron chi connectivity index (χ2n) is 16.4. The quantitative estimate of drug-likeness (QED) is 0.0199. The van der Waals surface area contributed by atoms with E-state index in [9.17, 15) is 19.2 Å². The molecule has 0 fully saturated rings. The largest absolute Gasteiger partial charge is 0.549 e. The van der Waals surface area contributed by atoms with Crippen molar-refractivity contribution in [3.8, 4) is 0 Å². The molecule has 1 aliphatic rings. The van der Waals surface area contributed by atoms with Gasteiger partial charge in [-0.05, 0) is 50.4 Å². The number of allylic oxidation sites excluding steroid dienone is 2. The van der Waals surface area contributed by atoms with E-state index in [-0.39, 0.29) is 37.4 Å². The normalized spacial score (nSPS) is 16.2. The van der Waals surface area contributed by atoms with E-state index in [1.807, 2.05) is 0 Å². The first-order valence-electron chi connectivity index (χ1n) is 23.7. The van der Waals surface area contributed by atoms with Crippen LogP contribution in [0.15, 0.2) is 12.2 Å². The summed E-state index contributed by atoms with van der Waals surface area (Å²) in [6, 6.07) is 0. The Hall–Kier alpha value is -2.78. The molecule has 3 unspecified atom stereocenters. The van der Waals surface area contributed by atoms with E-state index >= 15 is 0 Å². The standard InChI is InChI=1S/C47H84O10/c1-4-7-10-13-15-17-19-21-26-31-38-52-46(50)56-54-44(48)35-30-25-23-24-28-33-41-36-37-42(34-29-12-9-6-3)43(40-41)45(49)55-57-47(51)53-39-32-27-22-20-18-16-14-11-8-5-2/h36-37,41-43H,4-35,38-40H2,1-3H3. The summed E-state index contributed by atoms with van der Waals surface area (Å²) in [4.78, 5) is 68.0. The number of unbranched alkanes of at least 4 members (excludes halogenated alkanes) is 25. The number of carbonyl (C=O) groups is 4. The summed E-state index contributed by atoms with van der Waals surface area (Å²) in [5.74, 6) is -1.13. The lowest BCUT2D eigenvalue weighted by atomic mass is 9.75. The third kappa shape index (κ3) is 31.8. The maximum Gasteiger partial charge on any atom is 0.549 e. The average molecular weight is 809 g/mol. The van der Waals surface area contributed by atoms with E-state index in [2.05, 4.69) is 42.7 Å². The van der Waals surface area contributed by atoms with E-state index in [0.29, 0.717) is 12.8 Å². The van der Waals surface area contributed by atoms with Gasteiger partial charge < -0.3 is 9.47 Å². The number of hydrogen-bond donors (Lipinski definition) is 0. The van der Waals surface area contributed by atoms with Gasteiger partial charge in [0.15, 0.2) is 0 Å². The van der Waals surface area contributed by atoms with Crippen molar-refractivity contribution in [3.63, 3.8) is 0 Å². The molecule has 1 rings (SSSR count). The molecule has 10 nitrogen and oxygen atoms in total. The van der Waals surface area contributed by atoms with Gasteiger partial charge in [-0.1, -0.05) is 200 Å². The molecular weight excluding hydrogens is 725 g/mol. The van der Waals surface area contributed by atoms with Gasteiger partial charge in [-0.3, -0.25) is 0 Å². The third-order valence-electron chi connectivity index (χ3n) is 11.2. The Kier molecular flexibility index (Phi) is 35.5. The molecule has 0 N–H and O–H groups in total. The molecular formula is C47H84O10. The lowest BCUT2D eigenvalue weighted by Gasteiger charge is -2.30. The highest BCUT2D eigenvalue weighted by Gasteiger charge is 2.34. The van der Waals surface area contributed by atoms with Crippen LogP contribution in [0.25, 0.3) is 0 Å². The second kappa shape index (κ2) is 38.7. The van der Waals surface area contributed by atoms with Crippen LogP contribution in [-0.4, -0.2) is 37.5 Å². The first-order valence-corrected chi connectivity index (χ1v) is 23.7. The molecule has 3 atom stereocenters. The Balaban J connectivity index is 2.20. The lowest BCUT2D eigenvalue weighted by molar-refractivity contribution is -0.249. The lowest BCUT2D eigenvalue weighted by Crippen LogP contribution is -2.30. The Morgan fingerprint density at radius 3 is 1.35 bits per heavy atom. The molecule has 0 aromatic rings. The van der Waals surface area contributed by atoms with Gasteiger partial charge in [-0.15, -0.1) is 0 Å². The highest BCUT2D eigenvalue weighted by molar-refractivity contribution is 5.74. The molecule has 0 heterocycles. The van der Waals surface area contributed by atoms with Gasteiger partial charge in [-0.2, -0.15) is 9.59 Å². The van der Waals surface area contributed by atoms with Gasteiger partial charge >= 0.3 is 24.2 Å². The number of ether oxygens (including phenoxy) is 2. The van der Waals surface area contributed by atoms with Crippen molar-refractivity contribution in [2.45, 2.75) is 233 Å². The van der Waals surface area contributed by atoms with Crippen molar-refractivity contribution >= 4 is 24.2 Å². The number of hydrogen-bond acceptors (Lipinski definition) is 10. The predicted octanol–water partition coefficient (Wildman–Crippen LogP) is 14.6. The zero-order chi connectivity index (χ0) is 41.4.